The first kappa shape index (κ1) is 15.3. The Morgan fingerprint density at radius 2 is 1.82 bits per heavy atom. The molecule has 0 spiro atoms. The summed E-state index contributed by atoms with van der Waals surface area (Å²) >= 11 is 1.41. The Hall–Kier alpha value is 0.200. The average Bonchev–Trinajstić information content (AvgIpc) is 2.15. The van der Waals surface area contributed by atoms with Gasteiger partial charge in [0.05, 0.1) is 18.3 Å². The van der Waals surface area contributed by atoms with Gasteiger partial charge < -0.3 is 14.2 Å². The van der Waals surface area contributed by atoms with Crippen molar-refractivity contribution >= 4 is 19.4 Å². The molecule has 0 amide bonds. The Morgan fingerprint density at radius 3 is 2.24 bits per heavy atom. The lowest BCUT2D eigenvalue weighted by molar-refractivity contribution is 0.129. The van der Waals surface area contributed by atoms with Crippen molar-refractivity contribution in [2.45, 2.75) is 51.0 Å². The van der Waals surface area contributed by atoms with Gasteiger partial charge in [0, 0.05) is 5.75 Å². The van der Waals surface area contributed by atoms with Crippen LogP contribution in [0.25, 0.3) is 0 Å². The van der Waals surface area contributed by atoms with Crippen LogP contribution in [0.4, 0.5) is 0 Å². The normalized spacial score (nSPS) is 25.8. The molecule has 6 heteroatoms. The largest absolute Gasteiger partial charge is 0.387 e. The van der Waals surface area contributed by atoms with Gasteiger partial charge in [0.2, 0.25) is 0 Å². The first-order chi connectivity index (χ1) is 7.85. The maximum Gasteiger partial charge on any atom is 0.347 e. The first-order valence-corrected chi connectivity index (χ1v) is 8.44. The molecule has 1 aliphatic heterocycles. The molecule has 0 radical (unpaired) electrons. The molecule has 0 bridgehead atoms. The zero-order valence-electron chi connectivity index (χ0n) is 10.7. The van der Waals surface area contributed by atoms with Crippen molar-refractivity contribution in [2.24, 2.45) is 0 Å². The van der Waals surface area contributed by atoms with Crippen LogP contribution in [0.1, 0.15) is 27.7 Å². The number of aliphatic hydroxyl groups is 1. The summed E-state index contributed by atoms with van der Waals surface area (Å²) in [6, 6.07) is 0. The van der Waals surface area contributed by atoms with Crippen molar-refractivity contribution < 1.29 is 18.7 Å². The van der Waals surface area contributed by atoms with Crippen LogP contribution >= 0.6 is 19.4 Å². The fraction of sp³-hybridized carbons (Fsp3) is 0.818. The average molecular weight is 280 g/mol. The second-order valence-electron chi connectivity index (χ2n) is 4.49. The van der Waals surface area contributed by atoms with Crippen LogP contribution in [0.15, 0.2) is 12.2 Å². The Bertz CT molecular complexity index is 303. The molecule has 0 aromatic carbocycles. The molecule has 0 fully saturated rings. The molecule has 0 aromatic rings. The van der Waals surface area contributed by atoms with E-state index < -0.39 is 18.7 Å². The molecule has 0 aromatic heterocycles. The highest BCUT2D eigenvalue weighted by Gasteiger charge is 2.42. The lowest BCUT2D eigenvalue weighted by atomic mass is 10.3. The van der Waals surface area contributed by atoms with Crippen molar-refractivity contribution in [1.29, 1.82) is 0 Å². The third-order valence-corrected chi connectivity index (χ3v) is 6.60. The highest BCUT2D eigenvalue weighted by atomic mass is 32.2. The summed E-state index contributed by atoms with van der Waals surface area (Å²) in [6.45, 7) is 7.25. The third kappa shape index (κ3) is 4.42. The summed E-state index contributed by atoms with van der Waals surface area (Å²) in [7, 11) is -3.30. The van der Waals surface area contributed by atoms with Gasteiger partial charge in [-0.3, -0.25) is 4.57 Å². The van der Waals surface area contributed by atoms with Gasteiger partial charge in [-0.25, -0.2) is 0 Å². The molecular formula is C11H21O4PS. The predicted octanol–water partition coefficient (Wildman–Crippen LogP) is 3.02. The van der Waals surface area contributed by atoms with E-state index in [0.29, 0.717) is 5.75 Å². The fourth-order valence-corrected chi connectivity index (χ4v) is 5.49. The summed E-state index contributed by atoms with van der Waals surface area (Å²) in [4.78, 5) is -0.530. The Labute approximate surface area is 107 Å². The molecule has 2 atom stereocenters. The van der Waals surface area contributed by atoms with Gasteiger partial charge in [-0.05, 0) is 27.7 Å². The van der Waals surface area contributed by atoms with Crippen molar-refractivity contribution in [3.8, 4) is 0 Å². The zero-order valence-corrected chi connectivity index (χ0v) is 12.4. The molecule has 1 aliphatic rings. The molecule has 4 nitrogen and oxygen atoms in total. The van der Waals surface area contributed by atoms with E-state index in [0.717, 1.165) is 0 Å². The minimum absolute atomic E-state index is 0.196. The number of thioether (sulfide) groups is 1. The van der Waals surface area contributed by atoms with Crippen molar-refractivity contribution in [3.63, 3.8) is 0 Å². The van der Waals surface area contributed by atoms with Crippen LogP contribution in [0.2, 0.25) is 0 Å². The summed E-state index contributed by atoms with van der Waals surface area (Å²) < 4.78 is 23.7. The highest BCUT2D eigenvalue weighted by Crippen LogP contribution is 2.60. The molecule has 100 valence electrons. The third-order valence-electron chi connectivity index (χ3n) is 2.02. The van der Waals surface area contributed by atoms with Gasteiger partial charge in [-0.2, -0.15) is 0 Å². The quantitative estimate of drug-likeness (QED) is 0.619. The molecule has 1 rings (SSSR count). The molecule has 17 heavy (non-hydrogen) atoms. The van der Waals surface area contributed by atoms with E-state index >= 15 is 0 Å². The maximum absolute atomic E-state index is 12.7. The molecule has 1 N–H and O–H groups in total. The second-order valence-corrected chi connectivity index (χ2v) is 8.07. The standard InChI is InChI=1S/C11H21O4PS/c1-8(2)14-16(13,15-9(3)4)11-10(12)6-5-7-17-11/h5-6,8-12H,7H2,1-4H3/t10-,11+/m1/s1. The number of aliphatic hydroxyl groups excluding tert-OH is 1. The van der Waals surface area contributed by atoms with Gasteiger partial charge >= 0.3 is 7.60 Å². The van der Waals surface area contributed by atoms with E-state index in [1.807, 2.05) is 33.8 Å². The smallest absolute Gasteiger partial charge is 0.347 e. The second kappa shape index (κ2) is 6.39. The fourth-order valence-electron chi connectivity index (χ4n) is 1.55. The molecule has 0 aliphatic carbocycles. The van der Waals surface area contributed by atoms with Crippen LogP contribution in [0.5, 0.6) is 0 Å². The molecular weight excluding hydrogens is 259 g/mol. The number of rotatable bonds is 5. The minimum Gasteiger partial charge on any atom is -0.387 e. The predicted molar refractivity (Wildman–Crippen MR) is 71.4 cm³/mol. The van der Waals surface area contributed by atoms with Gasteiger partial charge in [0.1, 0.15) is 4.99 Å². The summed E-state index contributed by atoms with van der Waals surface area (Å²) in [5, 5.41) is 9.89. The van der Waals surface area contributed by atoms with Crippen molar-refractivity contribution in [1.82, 2.24) is 0 Å². The van der Waals surface area contributed by atoms with Crippen LogP contribution in [0, 0.1) is 0 Å². The highest BCUT2D eigenvalue weighted by molar-refractivity contribution is 8.05. The van der Waals surface area contributed by atoms with E-state index in [1.54, 1.807) is 6.08 Å². The molecule has 0 saturated carbocycles. The molecule has 0 unspecified atom stereocenters. The Kier molecular flexibility index (Phi) is 5.74. The van der Waals surface area contributed by atoms with Crippen LogP contribution in [0.3, 0.4) is 0 Å². The van der Waals surface area contributed by atoms with Crippen LogP contribution in [-0.4, -0.2) is 34.2 Å². The van der Waals surface area contributed by atoms with E-state index in [4.69, 9.17) is 9.05 Å². The van der Waals surface area contributed by atoms with Crippen LogP contribution < -0.4 is 0 Å². The molecule has 0 saturated heterocycles. The van der Waals surface area contributed by atoms with E-state index in [9.17, 15) is 9.67 Å². The van der Waals surface area contributed by atoms with Crippen LogP contribution in [-0.2, 0) is 13.6 Å². The number of hydrogen-bond acceptors (Lipinski definition) is 5. The zero-order chi connectivity index (χ0) is 13.1. The summed E-state index contributed by atoms with van der Waals surface area (Å²) in [5.41, 5.74) is 0. The van der Waals surface area contributed by atoms with Crippen molar-refractivity contribution in [2.75, 3.05) is 5.75 Å². The van der Waals surface area contributed by atoms with E-state index in [-0.39, 0.29) is 12.2 Å². The monoisotopic (exact) mass is 280 g/mol. The van der Waals surface area contributed by atoms with E-state index in [1.165, 1.54) is 11.8 Å². The van der Waals surface area contributed by atoms with Gasteiger partial charge in [-0.15, -0.1) is 11.8 Å². The van der Waals surface area contributed by atoms with E-state index in [2.05, 4.69) is 0 Å². The molecule has 1 heterocycles. The SMILES string of the molecule is CC(C)OP(=O)(OC(C)C)[C@H]1SCC=C[C@H]1O. The van der Waals surface area contributed by atoms with Gasteiger partial charge in [0.25, 0.3) is 0 Å². The minimum atomic E-state index is -3.30. The first-order valence-electron chi connectivity index (χ1n) is 5.78. The summed E-state index contributed by atoms with van der Waals surface area (Å²) in [5.74, 6) is 0.717. The lowest BCUT2D eigenvalue weighted by Crippen LogP contribution is -2.28. The topological polar surface area (TPSA) is 55.8 Å². The van der Waals surface area contributed by atoms with Crippen molar-refractivity contribution in [3.05, 3.63) is 12.2 Å². The Morgan fingerprint density at radius 1 is 1.29 bits per heavy atom. The Balaban J connectivity index is 2.88. The number of hydrogen-bond donors (Lipinski definition) is 1. The summed E-state index contributed by atoms with van der Waals surface area (Å²) in [6.07, 6.45) is 2.34. The maximum atomic E-state index is 12.7. The lowest BCUT2D eigenvalue weighted by Gasteiger charge is -2.32. The van der Waals surface area contributed by atoms with Gasteiger partial charge in [0.15, 0.2) is 0 Å². The van der Waals surface area contributed by atoms with Gasteiger partial charge in [-0.1, -0.05) is 12.2 Å².